The summed E-state index contributed by atoms with van der Waals surface area (Å²) in [5.41, 5.74) is 1.16. The van der Waals surface area contributed by atoms with Gasteiger partial charge in [-0.2, -0.15) is 0 Å². The summed E-state index contributed by atoms with van der Waals surface area (Å²) in [4.78, 5) is 4.42. The van der Waals surface area contributed by atoms with Gasteiger partial charge in [0.15, 0.2) is 0 Å². The second-order valence-corrected chi connectivity index (χ2v) is 3.36. The van der Waals surface area contributed by atoms with Crippen molar-refractivity contribution in [2.45, 2.75) is 20.3 Å². The Kier molecular flexibility index (Phi) is 3.09. The molecule has 2 nitrogen and oxygen atoms in total. The molecule has 1 aromatic heterocycles. The minimum Gasteiger partial charge on any atom is -0.373 e. The summed E-state index contributed by atoms with van der Waals surface area (Å²) < 4.78 is 0. The van der Waals surface area contributed by atoms with Gasteiger partial charge in [0.2, 0.25) is 0 Å². The van der Waals surface area contributed by atoms with Crippen LogP contribution < -0.4 is 5.32 Å². The molecule has 0 unspecified atom stereocenters. The molecule has 0 amide bonds. The van der Waals surface area contributed by atoms with Crippen LogP contribution in [0.4, 0.5) is 5.82 Å². The summed E-state index contributed by atoms with van der Waals surface area (Å²) in [7, 11) is 1.89. The van der Waals surface area contributed by atoms with Gasteiger partial charge in [-0.25, -0.2) is 4.98 Å². The highest BCUT2D eigenvalue weighted by Gasteiger charge is 1.98. The smallest absolute Gasteiger partial charge is 0.125 e. The van der Waals surface area contributed by atoms with E-state index in [2.05, 4.69) is 30.2 Å². The molecule has 0 spiro atoms. The lowest BCUT2D eigenvalue weighted by Crippen LogP contribution is -1.99. The lowest BCUT2D eigenvalue weighted by Gasteiger charge is -2.05. The van der Waals surface area contributed by atoms with Crippen molar-refractivity contribution in [2.75, 3.05) is 12.4 Å². The summed E-state index contributed by atoms with van der Waals surface area (Å²) in [6, 6.07) is 6.08. The SMILES string of the molecule is CNc1cccc(CC(C)C)n1. The Labute approximate surface area is 74.0 Å². The van der Waals surface area contributed by atoms with E-state index in [4.69, 9.17) is 0 Å². The van der Waals surface area contributed by atoms with Crippen LogP contribution in [0.1, 0.15) is 19.5 Å². The normalized spacial score (nSPS) is 10.3. The van der Waals surface area contributed by atoms with Crippen molar-refractivity contribution >= 4 is 5.82 Å². The maximum absolute atomic E-state index is 4.42. The number of aromatic nitrogens is 1. The quantitative estimate of drug-likeness (QED) is 0.741. The van der Waals surface area contributed by atoms with E-state index in [1.807, 2.05) is 19.2 Å². The fourth-order valence-electron chi connectivity index (χ4n) is 1.15. The molecule has 0 radical (unpaired) electrons. The fraction of sp³-hybridized carbons (Fsp3) is 0.500. The Morgan fingerprint density at radius 2 is 2.17 bits per heavy atom. The highest BCUT2D eigenvalue weighted by atomic mass is 15.0. The van der Waals surface area contributed by atoms with Crippen LogP contribution in [0.3, 0.4) is 0 Å². The summed E-state index contributed by atoms with van der Waals surface area (Å²) in [5.74, 6) is 1.62. The number of anilines is 1. The molecular weight excluding hydrogens is 148 g/mol. The first-order valence-electron chi connectivity index (χ1n) is 4.36. The van der Waals surface area contributed by atoms with Crippen LogP contribution in [-0.2, 0) is 6.42 Å². The van der Waals surface area contributed by atoms with E-state index in [0.717, 1.165) is 17.9 Å². The third-order valence-corrected chi connectivity index (χ3v) is 1.68. The molecule has 66 valence electrons. The van der Waals surface area contributed by atoms with Gasteiger partial charge in [0.25, 0.3) is 0 Å². The van der Waals surface area contributed by atoms with Crippen LogP contribution in [-0.4, -0.2) is 12.0 Å². The molecule has 0 aliphatic rings. The number of nitrogens with one attached hydrogen (secondary N) is 1. The first-order chi connectivity index (χ1) is 5.72. The average Bonchev–Trinajstić information content (AvgIpc) is 2.03. The Hall–Kier alpha value is -1.05. The number of rotatable bonds is 3. The second kappa shape index (κ2) is 4.10. The van der Waals surface area contributed by atoms with Gasteiger partial charge >= 0.3 is 0 Å². The Morgan fingerprint density at radius 1 is 1.42 bits per heavy atom. The molecule has 1 rings (SSSR count). The second-order valence-electron chi connectivity index (χ2n) is 3.36. The van der Waals surface area contributed by atoms with Gasteiger partial charge in [0, 0.05) is 12.7 Å². The van der Waals surface area contributed by atoms with E-state index in [0.29, 0.717) is 5.92 Å². The van der Waals surface area contributed by atoms with Crippen molar-refractivity contribution in [3.63, 3.8) is 0 Å². The molecule has 1 N–H and O–H groups in total. The Bertz CT molecular complexity index is 243. The van der Waals surface area contributed by atoms with E-state index in [9.17, 15) is 0 Å². The van der Waals surface area contributed by atoms with Gasteiger partial charge in [0.1, 0.15) is 5.82 Å². The van der Waals surface area contributed by atoms with Crippen molar-refractivity contribution in [1.29, 1.82) is 0 Å². The number of hydrogen-bond donors (Lipinski definition) is 1. The van der Waals surface area contributed by atoms with Crippen LogP contribution in [0.2, 0.25) is 0 Å². The zero-order chi connectivity index (χ0) is 8.97. The van der Waals surface area contributed by atoms with Crippen LogP contribution >= 0.6 is 0 Å². The maximum atomic E-state index is 4.42. The van der Waals surface area contributed by atoms with Crippen molar-refractivity contribution < 1.29 is 0 Å². The minimum atomic E-state index is 0.671. The average molecular weight is 164 g/mol. The largest absolute Gasteiger partial charge is 0.373 e. The highest BCUT2D eigenvalue weighted by Crippen LogP contribution is 2.08. The standard InChI is InChI=1S/C10H16N2/c1-8(2)7-9-5-4-6-10(11-3)12-9/h4-6,8H,7H2,1-3H3,(H,11,12). The summed E-state index contributed by atoms with van der Waals surface area (Å²) >= 11 is 0. The van der Waals surface area contributed by atoms with Gasteiger partial charge in [-0.3, -0.25) is 0 Å². The lowest BCUT2D eigenvalue weighted by molar-refractivity contribution is 0.636. The van der Waals surface area contributed by atoms with Crippen LogP contribution in [0.15, 0.2) is 18.2 Å². The van der Waals surface area contributed by atoms with E-state index < -0.39 is 0 Å². The van der Waals surface area contributed by atoms with Crippen molar-refractivity contribution in [1.82, 2.24) is 4.98 Å². The monoisotopic (exact) mass is 164 g/mol. The fourth-order valence-corrected chi connectivity index (χ4v) is 1.15. The van der Waals surface area contributed by atoms with E-state index in [1.54, 1.807) is 0 Å². The van der Waals surface area contributed by atoms with Gasteiger partial charge < -0.3 is 5.32 Å². The van der Waals surface area contributed by atoms with Gasteiger partial charge in [-0.15, -0.1) is 0 Å². The number of nitrogens with zero attached hydrogens (tertiary/aromatic N) is 1. The molecule has 1 aromatic rings. The summed E-state index contributed by atoms with van der Waals surface area (Å²) in [6.07, 6.45) is 1.05. The van der Waals surface area contributed by atoms with Gasteiger partial charge in [0.05, 0.1) is 0 Å². The predicted molar refractivity (Wildman–Crippen MR) is 52.3 cm³/mol. The minimum absolute atomic E-state index is 0.671. The Balaban J connectivity index is 2.72. The Morgan fingerprint density at radius 3 is 2.75 bits per heavy atom. The van der Waals surface area contributed by atoms with Crippen LogP contribution in [0.25, 0.3) is 0 Å². The van der Waals surface area contributed by atoms with Gasteiger partial charge in [-0.05, 0) is 24.5 Å². The molecule has 0 bridgehead atoms. The van der Waals surface area contributed by atoms with Crippen molar-refractivity contribution in [3.8, 4) is 0 Å². The molecule has 2 heteroatoms. The molecular formula is C10H16N2. The van der Waals surface area contributed by atoms with E-state index >= 15 is 0 Å². The summed E-state index contributed by atoms with van der Waals surface area (Å²) in [5, 5.41) is 3.03. The number of pyridine rings is 1. The van der Waals surface area contributed by atoms with Crippen molar-refractivity contribution in [2.24, 2.45) is 5.92 Å². The third kappa shape index (κ3) is 2.53. The first-order valence-corrected chi connectivity index (χ1v) is 4.36. The molecule has 0 saturated carbocycles. The molecule has 0 aliphatic heterocycles. The zero-order valence-corrected chi connectivity index (χ0v) is 7.96. The van der Waals surface area contributed by atoms with E-state index in [-0.39, 0.29) is 0 Å². The lowest BCUT2D eigenvalue weighted by atomic mass is 10.1. The maximum Gasteiger partial charge on any atom is 0.125 e. The van der Waals surface area contributed by atoms with Crippen LogP contribution in [0, 0.1) is 5.92 Å². The molecule has 0 fully saturated rings. The predicted octanol–water partition coefficient (Wildman–Crippen LogP) is 2.32. The van der Waals surface area contributed by atoms with Gasteiger partial charge in [-0.1, -0.05) is 19.9 Å². The third-order valence-electron chi connectivity index (χ3n) is 1.68. The molecule has 12 heavy (non-hydrogen) atoms. The summed E-state index contributed by atoms with van der Waals surface area (Å²) in [6.45, 7) is 4.40. The van der Waals surface area contributed by atoms with Crippen molar-refractivity contribution in [3.05, 3.63) is 23.9 Å². The molecule has 0 saturated heterocycles. The first kappa shape index (κ1) is 9.04. The molecule has 0 aromatic carbocycles. The molecule has 1 heterocycles. The molecule has 0 aliphatic carbocycles. The van der Waals surface area contributed by atoms with E-state index in [1.165, 1.54) is 0 Å². The van der Waals surface area contributed by atoms with Crippen LogP contribution in [0.5, 0.6) is 0 Å². The topological polar surface area (TPSA) is 24.9 Å². The molecule has 0 atom stereocenters. The zero-order valence-electron chi connectivity index (χ0n) is 7.96. The highest BCUT2D eigenvalue weighted by molar-refractivity contribution is 5.34. The number of hydrogen-bond acceptors (Lipinski definition) is 2.